The van der Waals surface area contributed by atoms with E-state index in [1.807, 2.05) is 24.3 Å². The second-order valence-corrected chi connectivity index (χ2v) is 7.79. The molecule has 0 aliphatic rings. The van der Waals surface area contributed by atoms with Gasteiger partial charge in [-0.1, -0.05) is 29.3 Å². The van der Waals surface area contributed by atoms with Crippen LogP contribution in [0.3, 0.4) is 0 Å². The predicted molar refractivity (Wildman–Crippen MR) is 120 cm³/mol. The second kappa shape index (κ2) is 8.70. The van der Waals surface area contributed by atoms with Gasteiger partial charge >= 0.3 is 0 Å². The fourth-order valence-electron chi connectivity index (χ4n) is 3.13. The van der Waals surface area contributed by atoms with Crippen LogP contribution in [0.1, 0.15) is 21.6 Å². The molecule has 0 fully saturated rings. The molecule has 0 bridgehead atoms. The number of aromatic amines is 1. The molecule has 3 aromatic carbocycles. The van der Waals surface area contributed by atoms with Gasteiger partial charge in [0, 0.05) is 34.6 Å². The van der Waals surface area contributed by atoms with Gasteiger partial charge in [-0.3, -0.25) is 4.79 Å². The summed E-state index contributed by atoms with van der Waals surface area (Å²) in [6, 6.07) is 19.5. The molecule has 0 spiro atoms. The summed E-state index contributed by atoms with van der Waals surface area (Å²) < 4.78 is 5.82. The summed E-state index contributed by atoms with van der Waals surface area (Å²) >= 11 is 12.3. The molecule has 8 heteroatoms. The van der Waals surface area contributed by atoms with Gasteiger partial charge < -0.3 is 20.8 Å². The Morgan fingerprint density at radius 3 is 2.74 bits per heavy atom. The van der Waals surface area contributed by atoms with Crippen molar-refractivity contribution >= 4 is 45.7 Å². The average Bonchev–Trinajstić information content (AvgIpc) is 3.17. The molecule has 0 radical (unpaired) electrons. The van der Waals surface area contributed by atoms with Gasteiger partial charge in [-0.05, 0) is 48.0 Å². The highest BCUT2D eigenvalue weighted by Gasteiger charge is 2.12. The van der Waals surface area contributed by atoms with Crippen molar-refractivity contribution in [2.45, 2.75) is 6.54 Å². The maximum absolute atomic E-state index is 12.6. The molecule has 0 atom stereocenters. The van der Waals surface area contributed by atoms with E-state index in [2.05, 4.69) is 16.0 Å². The number of nitrogens with zero attached hydrogens (tertiary/aromatic N) is 1. The number of aromatic nitrogens is 1. The van der Waals surface area contributed by atoms with Gasteiger partial charge in [-0.15, -0.1) is 0 Å². The molecule has 154 valence electrons. The Labute approximate surface area is 188 Å². The number of amides is 1. The first-order chi connectivity index (χ1) is 14.9. The second-order valence-electron chi connectivity index (χ2n) is 6.94. The smallest absolute Gasteiger partial charge is 0.267 e. The molecule has 1 heterocycles. The van der Waals surface area contributed by atoms with Crippen LogP contribution < -0.4 is 15.8 Å². The third-order valence-corrected chi connectivity index (χ3v) is 5.14. The number of carbonyl (C=O) groups is 1. The van der Waals surface area contributed by atoms with Crippen molar-refractivity contribution in [3.8, 4) is 17.6 Å². The molecule has 6 nitrogen and oxygen atoms in total. The molecular weight excluding hydrogens is 435 g/mol. The van der Waals surface area contributed by atoms with Crippen molar-refractivity contribution in [3.63, 3.8) is 0 Å². The summed E-state index contributed by atoms with van der Waals surface area (Å²) in [5, 5.41) is 13.7. The third kappa shape index (κ3) is 4.81. The van der Waals surface area contributed by atoms with Gasteiger partial charge in [0.1, 0.15) is 22.9 Å². The SMILES string of the molecule is N#Cc1cc(Cl)cc(Oc2cc(CNC(=O)c3cc4cc([NH3+])ccc4[nH]3)ccc2Cl)c1. The summed E-state index contributed by atoms with van der Waals surface area (Å²) in [5.74, 6) is 0.566. The van der Waals surface area contributed by atoms with Crippen molar-refractivity contribution in [2.24, 2.45) is 0 Å². The Bertz CT molecular complexity index is 1340. The topological polar surface area (TPSA) is 106 Å². The molecule has 4 rings (SSSR count). The molecule has 31 heavy (non-hydrogen) atoms. The van der Waals surface area contributed by atoms with Gasteiger partial charge in [0.05, 0.1) is 16.7 Å². The van der Waals surface area contributed by atoms with Crippen molar-refractivity contribution < 1.29 is 15.3 Å². The standard InChI is InChI=1S/C23H16Cl2N4O2/c24-16-5-14(11-26)6-18(10-16)31-22-7-13(1-3-19(22)25)12-28-23(30)21-9-15-8-17(27)2-4-20(15)29-21/h1-10,29H,12,27H2,(H,28,30)/p+1. The maximum atomic E-state index is 12.6. The number of fused-ring (bicyclic) bond motifs is 1. The minimum atomic E-state index is -0.229. The van der Waals surface area contributed by atoms with Crippen LogP contribution in [0.25, 0.3) is 10.9 Å². The minimum absolute atomic E-state index is 0.229. The summed E-state index contributed by atoms with van der Waals surface area (Å²) in [5.41, 5.74) is 7.30. The summed E-state index contributed by atoms with van der Waals surface area (Å²) in [6.45, 7) is 0.279. The number of H-pyrrole nitrogens is 1. The lowest BCUT2D eigenvalue weighted by Crippen LogP contribution is -2.39. The van der Waals surface area contributed by atoms with Crippen LogP contribution in [0.15, 0.2) is 60.7 Å². The van der Waals surface area contributed by atoms with E-state index in [9.17, 15) is 4.79 Å². The lowest BCUT2D eigenvalue weighted by atomic mass is 10.2. The highest BCUT2D eigenvalue weighted by Crippen LogP contribution is 2.32. The van der Waals surface area contributed by atoms with Crippen LogP contribution in [0.2, 0.25) is 10.0 Å². The number of nitriles is 1. The summed E-state index contributed by atoms with van der Waals surface area (Å²) in [7, 11) is 0. The quantitative estimate of drug-likeness (QED) is 0.399. The number of hydrogen-bond donors (Lipinski definition) is 3. The third-order valence-electron chi connectivity index (χ3n) is 4.61. The van der Waals surface area contributed by atoms with E-state index in [1.165, 1.54) is 0 Å². The Morgan fingerprint density at radius 1 is 1.10 bits per heavy atom. The number of halogens is 2. The minimum Gasteiger partial charge on any atom is -0.456 e. The van der Waals surface area contributed by atoms with E-state index in [0.717, 1.165) is 22.2 Å². The molecule has 0 aliphatic heterocycles. The first-order valence-electron chi connectivity index (χ1n) is 9.31. The van der Waals surface area contributed by atoms with Crippen LogP contribution in [0, 0.1) is 11.3 Å². The van der Waals surface area contributed by atoms with E-state index in [4.69, 9.17) is 33.2 Å². The van der Waals surface area contributed by atoms with Gasteiger partial charge in [-0.2, -0.15) is 5.26 Å². The molecule has 0 aliphatic carbocycles. The van der Waals surface area contributed by atoms with Gasteiger partial charge in [-0.25, -0.2) is 0 Å². The Hall–Kier alpha value is -3.50. The van der Waals surface area contributed by atoms with Gasteiger partial charge in [0.15, 0.2) is 0 Å². The first kappa shape index (κ1) is 20.8. The van der Waals surface area contributed by atoms with Gasteiger partial charge in [0.2, 0.25) is 0 Å². The van der Waals surface area contributed by atoms with Crippen LogP contribution in [0.4, 0.5) is 5.69 Å². The zero-order valence-electron chi connectivity index (χ0n) is 16.2. The average molecular weight is 452 g/mol. The molecule has 1 amide bonds. The molecule has 0 saturated heterocycles. The number of carbonyl (C=O) groups excluding carboxylic acids is 1. The Kier molecular flexibility index (Phi) is 5.83. The lowest BCUT2D eigenvalue weighted by molar-refractivity contribution is -0.254. The van der Waals surface area contributed by atoms with Gasteiger partial charge in [0.25, 0.3) is 5.91 Å². The van der Waals surface area contributed by atoms with Crippen molar-refractivity contribution in [2.75, 3.05) is 0 Å². The zero-order chi connectivity index (χ0) is 22.0. The number of quaternary nitrogens is 1. The normalized spacial score (nSPS) is 10.6. The predicted octanol–water partition coefficient (Wildman–Crippen LogP) is 4.94. The molecule has 4 aromatic rings. The van der Waals surface area contributed by atoms with Crippen LogP contribution in [0.5, 0.6) is 11.5 Å². The zero-order valence-corrected chi connectivity index (χ0v) is 17.7. The van der Waals surface area contributed by atoms with E-state index in [0.29, 0.717) is 32.8 Å². The lowest BCUT2D eigenvalue weighted by Gasteiger charge is -2.11. The Morgan fingerprint density at radius 2 is 1.94 bits per heavy atom. The molecular formula is C23H17Cl2N4O2+. The molecule has 0 saturated carbocycles. The fourth-order valence-corrected chi connectivity index (χ4v) is 3.51. The number of ether oxygens (including phenoxy) is 1. The fraction of sp³-hybridized carbons (Fsp3) is 0.0435. The number of rotatable bonds is 5. The highest BCUT2D eigenvalue weighted by atomic mass is 35.5. The first-order valence-corrected chi connectivity index (χ1v) is 10.1. The van der Waals surface area contributed by atoms with E-state index < -0.39 is 0 Å². The van der Waals surface area contributed by atoms with Crippen molar-refractivity contribution in [1.82, 2.24) is 10.3 Å². The maximum Gasteiger partial charge on any atom is 0.267 e. The Balaban J connectivity index is 1.48. The van der Waals surface area contributed by atoms with Crippen LogP contribution in [-0.2, 0) is 6.54 Å². The van der Waals surface area contributed by atoms with Crippen LogP contribution in [-0.4, -0.2) is 10.9 Å². The highest BCUT2D eigenvalue weighted by molar-refractivity contribution is 6.32. The van der Waals surface area contributed by atoms with E-state index >= 15 is 0 Å². The number of benzene rings is 3. The van der Waals surface area contributed by atoms with E-state index in [-0.39, 0.29) is 12.5 Å². The van der Waals surface area contributed by atoms with E-state index in [1.54, 1.807) is 42.5 Å². The number of hydrogen-bond acceptors (Lipinski definition) is 3. The summed E-state index contributed by atoms with van der Waals surface area (Å²) in [6.07, 6.45) is 0. The van der Waals surface area contributed by atoms with Crippen molar-refractivity contribution in [1.29, 1.82) is 5.26 Å². The van der Waals surface area contributed by atoms with Crippen molar-refractivity contribution in [3.05, 3.63) is 87.5 Å². The molecule has 5 N–H and O–H groups in total. The monoisotopic (exact) mass is 451 g/mol. The molecule has 1 aromatic heterocycles. The summed E-state index contributed by atoms with van der Waals surface area (Å²) in [4.78, 5) is 15.7. The molecule has 0 unspecified atom stereocenters. The number of nitrogens with one attached hydrogen (secondary N) is 2. The van der Waals surface area contributed by atoms with Crippen LogP contribution >= 0.6 is 23.2 Å². The largest absolute Gasteiger partial charge is 0.456 e.